The lowest BCUT2D eigenvalue weighted by Crippen LogP contribution is -2.47. The van der Waals surface area contributed by atoms with Crippen molar-refractivity contribution in [1.82, 2.24) is 4.90 Å². The van der Waals surface area contributed by atoms with E-state index >= 15 is 0 Å². The molecule has 0 spiro atoms. The highest BCUT2D eigenvalue weighted by atomic mass is 16.6. The molecule has 4 atom stereocenters. The molecule has 1 aromatic carbocycles. The van der Waals surface area contributed by atoms with Crippen molar-refractivity contribution in [3.8, 4) is 0 Å². The topological polar surface area (TPSA) is 49.8 Å². The summed E-state index contributed by atoms with van der Waals surface area (Å²) in [7, 11) is 0. The summed E-state index contributed by atoms with van der Waals surface area (Å²) in [6.07, 6.45) is 4.15. The molecule has 1 aliphatic carbocycles. The highest BCUT2D eigenvalue weighted by Crippen LogP contribution is 2.41. The smallest absolute Gasteiger partial charge is 0.410 e. The van der Waals surface area contributed by atoms with Crippen molar-refractivity contribution in [3.05, 3.63) is 35.9 Å². The van der Waals surface area contributed by atoms with E-state index in [0.29, 0.717) is 5.92 Å². The van der Waals surface area contributed by atoms with E-state index in [9.17, 15) is 9.90 Å². The maximum Gasteiger partial charge on any atom is 0.410 e. The summed E-state index contributed by atoms with van der Waals surface area (Å²) in [4.78, 5) is 14.5. The van der Waals surface area contributed by atoms with Crippen LogP contribution in [0.15, 0.2) is 30.3 Å². The highest BCUT2D eigenvalue weighted by molar-refractivity contribution is 5.69. The van der Waals surface area contributed by atoms with Gasteiger partial charge in [-0.15, -0.1) is 0 Å². The summed E-state index contributed by atoms with van der Waals surface area (Å²) in [5.74, 6) is 0.602. The zero-order valence-electron chi connectivity index (χ0n) is 15.6. The largest absolute Gasteiger partial charge is 0.444 e. The van der Waals surface area contributed by atoms with Crippen LogP contribution in [0.1, 0.15) is 64.4 Å². The quantitative estimate of drug-likeness (QED) is 0.868. The Morgan fingerprint density at radius 2 is 1.88 bits per heavy atom. The minimum Gasteiger partial charge on any atom is -0.444 e. The number of carbonyl (C=O) groups is 1. The molecule has 4 heteroatoms. The van der Waals surface area contributed by atoms with Gasteiger partial charge in [0.05, 0.1) is 6.10 Å². The monoisotopic (exact) mass is 345 g/mol. The number of carbonyl (C=O) groups excluding carboxylic acids is 1. The SMILES string of the molecule is CC(C)(C)OC(=O)N1CCCC1C1CC(c2ccccc2)CCC1O. The van der Waals surface area contributed by atoms with Crippen LogP contribution in [0.2, 0.25) is 0 Å². The van der Waals surface area contributed by atoms with Crippen molar-refractivity contribution in [3.63, 3.8) is 0 Å². The molecule has 4 unspecified atom stereocenters. The number of aliphatic hydroxyl groups excluding tert-OH is 1. The number of likely N-dealkylation sites (tertiary alicyclic amines) is 1. The third kappa shape index (κ3) is 4.35. The number of hydrogen-bond acceptors (Lipinski definition) is 3. The second kappa shape index (κ2) is 7.36. The van der Waals surface area contributed by atoms with Gasteiger partial charge >= 0.3 is 6.09 Å². The van der Waals surface area contributed by atoms with E-state index in [2.05, 4.69) is 24.3 Å². The minimum absolute atomic E-state index is 0.0939. The number of benzene rings is 1. The van der Waals surface area contributed by atoms with Gasteiger partial charge in [0, 0.05) is 18.5 Å². The average Bonchev–Trinajstić information content (AvgIpc) is 3.04. The molecule has 4 nitrogen and oxygen atoms in total. The number of rotatable bonds is 2. The Kier molecular flexibility index (Phi) is 5.38. The standard InChI is InChI=1S/C21H31NO3/c1-21(2,3)25-20(24)22-13-7-10-18(22)17-14-16(11-12-19(17)23)15-8-5-4-6-9-15/h4-6,8-9,16-19,23H,7,10-14H2,1-3H3. The van der Waals surface area contributed by atoms with Crippen LogP contribution in [0, 0.1) is 5.92 Å². The molecule has 2 aliphatic rings. The van der Waals surface area contributed by atoms with Crippen LogP contribution in [0.25, 0.3) is 0 Å². The van der Waals surface area contributed by atoms with Crippen LogP contribution in [0.3, 0.4) is 0 Å². The summed E-state index contributed by atoms with van der Waals surface area (Å²) in [5, 5.41) is 10.6. The van der Waals surface area contributed by atoms with Gasteiger partial charge in [-0.05, 0) is 64.4 Å². The summed E-state index contributed by atoms with van der Waals surface area (Å²) in [5.41, 5.74) is 0.864. The second-order valence-corrected chi connectivity index (χ2v) is 8.54. The molecular formula is C21H31NO3. The van der Waals surface area contributed by atoms with Crippen molar-refractivity contribution < 1.29 is 14.6 Å². The first kappa shape index (κ1) is 18.2. The van der Waals surface area contributed by atoms with Gasteiger partial charge in [0.1, 0.15) is 5.60 Å². The Morgan fingerprint density at radius 3 is 2.56 bits per heavy atom. The van der Waals surface area contributed by atoms with E-state index in [-0.39, 0.29) is 24.2 Å². The molecule has 1 amide bonds. The van der Waals surface area contributed by atoms with Gasteiger partial charge in [-0.3, -0.25) is 0 Å². The van der Waals surface area contributed by atoms with Crippen LogP contribution in [0.5, 0.6) is 0 Å². The molecule has 1 aliphatic heterocycles. The highest BCUT2D eigenvalue weighted by Gasteiger charge is 2.42. The molecule has 0 bridgehead atoms. The maximum atomic E-state index is 12.6. The first-order valence-corrected chi connectivity index (χ1v) is 9.58. The minimum atomic E-state index is -0.484. The molecule has 3 rings (SSSR count). The van der Waals surface area contributed by atoms with E-state index in [1.165, 1.54) is 5.56 Å². The van der Waals surface area contributed by atoms with Gasteiger partial charge < -0.3 is 14.7 Å². The van der Waals surface area contributed by atoms with E-state index in [1.807, 2.05) is 31.7 Å². The molecule has 1 aromatic rings. The maximum absolute atomic E-state index is 12.6. The number of ether oxygens (including phenoxy) is 1. The molecule has 0 aromatic heterocycles. The Labute approximate surface area is 151 Å². The molecule has 2 fully saturated rings. The fourth-order valence-corrected chi connectivity index (χ4v) is 4.42. The van der Waals surface area contributed by atoms with E-state index < -0.39 is 5.60 Å². The second-order valence-electron chi connectivity index (χ2n) is 8.54. The van der Waals surface area contributed by atoms with E-state index in [4.69, 9.17) is 4.74 Å². The zero-order valence-corrected chi connectivity index (χ0v) is 15.6. The molecule has 1 N–H and O–H groups in total. The predicted octanol–water partition coefficient (Wildman–Crippen LogP) is 4.33. The van der Waals surface area contributed by atoms with Crippen LogP contribution >= 0.6 is 0 Å². The van der Waals surface area contributed by atoms with Crippen LogP contribution in [-0.4, -0.2) is 40.4 Å². The Morgan fingerprint density at radius 1 is 1.16 bits per heavy atom. The molecule has 1 heterocycles. The first-order valence-electron chi connectivity index (χ1n) is 9.58. The third-order valence-electron chi connectivity index (χ3n) is 5.55. The molecule has 25 heavy (non-hydrogen) atoms. The molecule has 1 saturated carbocycles. The number of hydrogen-bond donors (Lipinski definition) is 1. The number of nitrogens with zero attached hydrogens (tertiary/aromatic N) is 1. The molecule has 0 radical (unpaired) electrons. The Bertz CT molecular complexity index is 581. The lowest BCUT2D eigenvalue weighted by Gasteiger charge is -2.40. The number of aliphatic hydroxyl groups is 1. The van der Waals surface area contributed by atoms with Gasteiger partial charge in [0.2, 0.25) is 0 Å². The van der Waals surface area contributed by atoms with Crippen molar-refractivity contribution in [1.29, 1.82) is 0 Å². The summed E-state index contributed by atoms with van der Waals surface area (Å²) in [6.45, 7) is 6.43. The van der Waals surface area contributed by atoms with E-state index in [0.717, 1.165) is 38.6 Å². The number of amides is 1. The van der Waals surface area contributed by atoms with Crippen molar-refractivity contribution in [2.45, 2.75) is 76.5 Å². The van der Waals surface area contributed by atoms with Crippen LogP contribution in [-0.2, 0) is 4.74 Å². The first-order chi connectivity index (χ1) is 11.8. The van der Waals surface area contributed by atoms with Crippen molar-refractivity contribution in [2.24, 2.45) is 5.92 Å². The summed E-state index contributed by atoms with van der Waals surface area (Å²) in [6, 6.07) is 10.7. The third-order valence-corrected chi connectivity index (χ3v) is 5.55. The zero-order chi connectivity index (χ0) is 18.0. The Hall–Kier alpha value is -1.55. The van der Waals surface area contributed by atoms with Gasteiger partial charge in [0.25, 0.3) is 0 Å². The summed E-state index contributed by atoms with van der Waals surface area (Å²) < 4.78 is 5.59. The summed E-state index contributed by atoms with van der Waals surface area (Å²) >= 11 is 0. The molecular weight excluding hydrogens is 314 g/mol. The lowest BCUT2D eigenvalue weighted by atomic mass is 9.73. The van der Waals surface area contributed by atoms with Gasteiger partial charge in [-0.1, -0.05) is 30.3 Å². The predicted molar refractivity (Wildman–Crippen MR) is 98.5 cm³/mol. The fourth-order valence-electron chi connectivity index (χ4n) is 4.42. The van der Waals surface area contributed by atoms with E-state index in [1.54, 1.807) is 0 Å². The fraction of sp³-hybridized carbons (Fsp3) is 0.667. The lowest BCUT2D eigenvalue weighted by molar-refractivity contribution is -0.00846. The van der Waals surface area contributed by atoms with Crippen molar-refractivity contribution >= 4 is 6.09 Å². The van der Waals surface area contributed by atoms with Gasteiger partial charge in [-0.25, -0.2) is 4.79 Å². The van der Waals surface area contributed by atoms with Gasteiger partial charge in [0.15, 0.2) is 0 Å². The molecule has 138 valence electrons. The van der Waals surface area contributed by atoms with Crippen LogP contribution < -0.4 is 0 Å². The van der Waals surface area contributed by atoms with Gasteiger partial charge in [-0.2, -0.15) is 0 Å². The Balaban J connectivity index is 1.73. The average molecular weight is 345 g/mol. The normalized spacial score (nSPS) is 30.3. The molecule has 1 saturated heterocycles. The van der Waals surface area contributed by atoms with Crippen LogP contribution in [0.4, 0.5) is 4.79 Å². The van der Waals surface area contributed by atoms with Crippen molar-refractivity contribution in [2.75, 3.05) is 6.54 Å².